The minimum Gasteiger partial charge on any atom is -0.465 e. The third-order valence-electron chi connectivity index (χ3n) is 7.91. The Morgan fingerprint density at radius 3 is 1.63 bits per heavy atom. The van der Waals surface area contributed by atoms with Gasteiger partial charge < -0.3 is 20.0 Å². The van der Waals surface area contributed by atoms with Crippen LogP contribution in [-0.4, -0.2) is 85.0 Å². The Morgan fingerprint density at radius 1 is 0.754 bits per heavy atom. The molecule has 0 bridgehead atoms. The maximum absolute atomic E-state index is 14.7. The van der Waals surface area contributed by atoms with Gasteiger partial charge in [0.1, 0.15) is 14.4 Å². The Bertz CT molecular complexity index is 2430. The van der Waals surface area contributed by atoms with Gasteiger partial charge in [0.05, 0.1) is 24.3 Å². The van der Waals surface area contributed by atoms with Crippen molar-refractivity contribution in [3.05, 3.63) is 113 Å². The second-order valence-electron chi connectivity index (χ2n) is 15.6. The molecular formula is C38H45BrFN7O8S2. The number of carbonyl (C=O) groups is 2. The number of rotatable bonds is 11. The molecule has 0 saturated heterocycles. The summed E-state index contributed by atoms with van der Waals surface area (Å²) in [7, 11) is -7.92. The van der Waals surface area contributed by atoms with Crippen molar-refractivity contribution in [2.75, 3.05) is 13.1 Å². The van der Waals surface area contributed by atoms with Gasteiger partial charge in [-0.1, -0.05) is 41.5 Å². The molecule has 5 aromatic rings. The molecule has 2 N–H and O–H groups in total. The molecule has 15 nitrogen and oxygen atoms in total. The van der Waals surface area contributed by atoms with Crippen LogP contribution in [0.4, 0.5) is 14.0 Å². The van der Waals surface area contributed by atoms with E-state index in [0.29, 0.717) is 28.0 Å². The summed E-state index contributed by atoms with van der Waals surface area (Å²) in [5.74, 6) is -0.818. The Morgan fingerprint density at radius 2 is 1.21 bits per heavy atom. The van der Waals surface area contributed by atoms with Crippen LogP contribution in [0.25, 0.3) is 11.3 Å². The lowest BCUT2D eigenvalue weighted by Crippen LogP contribution is -2.36. The van der Waals surface area contributed by atoms with Crippen LogP contribution in [0.5, 0.6) is 0 Å². The topological polar surface area (TPSA) is 198 Å². The average Bonchev–Trinajstić information content (AvgIpc) is 3.71. The van der Waals surface area contributed by atoms with Gasteiger partial charge in [-0.2, -0.15) is 4.39 Å². The van der Waals surface area contributed by atoms with E-state index in [2.05, 4.69) is 30.9 Å². The van der Waals surface area contributed by atoms with Crippen LogP contribution in [0, 0.1) is 23.7 Å². The lowest BCUT2D eigenvalue weighted by atomic mass is 9.96. The maximum Gasteiger partial charge on any atom is 0.407 e. The van der Waals surface area contributed by atoms with Gasteiger partial charge in [0.15, 0.2) is 0 Å². The molecule has 0 unspecified atom stereocenters. The van der Waals surface area contributed by atoms with Gasteiger partial charge in [0.2, 0.25) is 5.95 Å². The molecule has 19 heteroatoms. The van der Waals surface area contributed by atoms with E-state index in [4.69, 9.17) is 0 Å². The van der Waals surface area contributed by atoms with Crippen LogP contribution in [0.1, 0.15) is 58.4 Å². The highest BCUT2D eigenvalue weighted by Crippen LogP contribution is 2.30. The summed E-state index contributed by atoms with van der Waals surface area (Å²) < 4.78 is 69.0. The summed E-state index contributed by atoms with van der Waals surface area (Å²) in [6, 6.07) is 12.0. The predicted molar refractivity (Wildman–Crippen MR) is 214 cm³/mol. The summed E-state index contributed by atoms with van der Waals surface area (Å²) in [4.78, 5) is 37.2. The molecule has 57 heavy (non-hydrogen) atoms. The van der Waals surface area contributed by atoms with Crippen molar-refractivity contribution in [2.24, 2.45) is 10.8 Å². The fourth-order valence-corrected chi connectivity index (χ4v) is 9.18. The Labute approximate surface area is 340 Å². The van der Waals surface area contributed by atoms with Gasteiger partial charge in [-0.3, -0.25) is 9.97 Å². The van der Waals surface area contributed by atoms with E-state index in [1.807, 2.05) is 41.5 Å². The van der Waals surface area contributed by atoms with Crippen LogP contribution in [-0.2, 0) is 33.1 Å². The van der Waals surface area contributed by atoms with Crippen molar-refractivity contribution in [3.8, 4) is 11.3 Å². The molecule has 0 atom stereocenters. The number of aryl methyl sites for hydroxylation is 1. The molecule has 5 aromatic heterocycles. The van der Waals surface area contributed by atoms with Crippen LogP contribution < -0.4 is 0 Å². The third-order valence-corrected chi connectivity index (χ3v) is 12.1. The molecule has 0 aliphatic carbocycles. The van der Waals surface area contributed by atoms with Gasteiger partial charge in [-0.15, -0.1) is 0 Å². The van der Waals surface area contributed by atoms with E-state index in [1.54, 1.807) is 25.1 Å². The highest BCUT2D eigenvalue weighted by atomic mass is 79.9. The number of pyridine rings is 3. The van der Waals surface area contributed by atoms with E-state index < -0.39 is 38.2 Å². The van der Waals surface area contributed by atoms with Gasteiger partial charge in [0, 0.05) is 56.0 Å². The Kier molecular flexibility index (Phi) is 13.7. The third kappa shape index (κ3) is 11.7. The SMILES string of the molecule is CC(C)(C)CN(Cc1cc(Br)n(S(=O)(=O)c2cccnc2)c1)C(=O)O.Cc1ccc(-c2cc(CN(CC(C)(C)C)C(=O)O)cn2S(=O)(=O)c2cccnc2)c(F)n1. The number of amides is 2. The average molecular weight is 891 g/mol. The molecule has 0 radical (unpaired) electrons. The summed E-state index contributed by atoms with van der Waals surface area (Å²) in [6.45, 7) is 13.8. The van der Waals surface area contributed by atoms with Gasteiger partial charge in [0.25, 0.3) is 20.0 Å². The van der Waals surface area contributed by atoms with Crippen LogP contribution in [0.3, 0.4) is 0 Å². The first-order valence-corrected chi connectivity index (χ1v) is 21.0. The number of nitrogens with zero attached hydrogens (tertiary/aromatic N) is 7. The van der Waals surface area contributed by atoms with E-state index in [-0.39, 0.29) is 51.5 Å². The number of hydrogen-bond acceptors (Lipinski definition) is 9. The monoisotopic (exact) mass is 889 g/mol. The van der Waals surface area contributed by atoms with Crippen molar-refractivity contribution in [1.82, 2.24) is 32.7 Å². The van der Waals surface area contributed by atoms with Gasteiger partial charge in [-0.05, 0) is 93.3 Å². The smallest absolute Gasteiger partial charge is 0.407 e. The lowest BCUT2D eigenvalue weighted by molar-refractivity contribution is 0.122. The quantitative estimate of drug-likeness (QED) is 0.124. The number of carboxylic acid groups (broad SMARTS) is 2. The van der Waals surface area contributed by atoms with Crippen LogP contribution >= 0.6 is 15.9 Å². The zero-order valence-corrected chi connectivity index (χ0v) is 35.7. The zero-order valence-electron chi connectivity index (χ0n) is 32.5. The van der Waals surface area contributed by atoms with Crippen LogP contribution in [0.2, 0.25) is 0 Å². The molecule has 0 aliphatic rings. The second kappa shape index (κ2) is 17.6. The second-order valence-corrected chi connectivity index (χ2v) is 20.0. The molecule has 306 valence electrons. The molecule has 5 heterocycles. The summed E-state index contributed by atoms with van der Waals surface area (Å²) in [6.07, 6.45) is 5.96. The molecule has 5 rings (SSSR count). The number of hydrogen-bond donors (Lipinski definition) is 2. The maximum atomic E-state index is 14.7. The van der Waals surface area contributed by atoms with Gasteiger partial charge >= 0.3 is 12.2 Å². The molecule has 0 spiro atoms. The highest BCUT2D eigenvalue weighted by molar-refractivity contribution is 9.10. The number of aromatic nitrogens is 5. The fraction of sp³-hybridized carbons (Fsp3) is 0.342. The molecular weight excluding hydrogens is 845 g/mol. The van der Waals surface area contributed by atoms with Crippen molar-refractivity contribution in [2.45, 2.75) is 71.3 Å². The molecule has 0 fully saturated rings. The minimum absolute atomic E-state index is 0.00740. The predicted octanol–water partition coefficient (Wildman–Crippen LogP) is 7.56. The standard InChI is InChI=1S/C22H25FN4O4S.C16H20BrN3O4S/c1-15-7-8-18(20(23)25-15)19-10-16(12-26(21(28)29)14-22(2,3)4)13-27(19)32(30,31)17-6-5-9-24-11-17;1-16(2,3)11-19(15(21)22)9-12-7-14(17)20(10-12)25(23,24)13-5-4-6-18-8-13/h5-11,13H,12,14H2,1-4H3,(H,28,29);4-8,10H,9,11H2,1-3H3,(H,21,22). The first-order chi connectivity index (χ1) is 26.4. The first kappa shape index (κ1) is 44.6. The molecule has 0 aromatic carbocycles. The first-order valence-electron chi connectivity index (χ1n) is 17.4. The van der Waals surface area contributed by atoms with Crippen molar-refractivity contribution < 1.29 is 41.0 Å². The zero-order chi connectivity index (χ0) is 42.5. The van der Waals surface area contributed by atoms with Crippen molar-refractivity contribution in [3.63, 3.8) is 0 Å². The van der Waals surface area contributed by atoms with E-state index in [1.165, 1.54) is 77.3 Å². The summed E-state index contributed by atoms with van der Waals surface area (Å²) in [5.41, 5.74) is 0.951. The minimum atomic E-state index is -4.12. The largest absolute Gasteiger partial charge is 0.465 e. The summed E-state index contributed by atoms with van der Waals surface area (Å²) in [5, 5.41) is 19.0. The van der Waals surface area contributed by atoms with E-state index >= 15 is 0 Å². The lowest BCUT2D eigenvalue weighted by Gasteiger charge is -2.27. The normalized spacial score (nSPS) is 12.1. The highest BCUT2D eigenvalue weighted by Gasteiger charge is 2.28. The number of halogens is 2. The molecule has 0 aliphatic heterocycles. The van der Waals surface area contributed by atoms with Gasteiger partial charge in [-0.25, -0.2) is 39.4 Å². The van der Waals surface area contributed by atoms with E-state index in [0.717, 1.165) is 7.94 Å². The van der Waals surface area contributed by atoms with Crippen LogP contribution in [0.15, 0.2) is 100 Å². The fourth-order valence-electron chi connectivity index (χ4n) is 5.63. The Balaban J connectivity index is 0.000000261. The molecule has 0 saturated carbocycles. The van der Waals surface area contributed by atoms with E-state index in [9.17, 15) is 41.0 Å². The van der Waals surface area contributed by atoms with Crippen molar-refractivity contribution in [1.29, 1.82) is 0 Å². The molecule has 2 amide bonds. The Hall–Kier alpha value is -5.14. The summed E-state index contributed by atoms with van der Waals surface area (Å²) >= 11 is 3.24. The van der Waals surface area contributed by atoms with Crippen molar-refractivity contribution >= 4 is 48.2 Å².